The first-order valence-corrected chi connectivity index (χ1v) is 10.6. The van der Waals surface area contributed by atoms with Crippen molar-refractivity contribution in [2.45, 2.75) is 77.5 Å². The molecule has 3 atom stereocenters. The summed E-state index contributed by atoms with van der Waals surface area (Å²) >= 11 is 0. The van der Waals surface area contributed by atoms with Crippen molar-refractivity contribution < 1.29 is 41.9 Å². The Labute approximate surface area is 200 Å². The first-order valence-electron chi connectivity index (χ1n) is 10.6. The molecule has 35 heavy (non-hydrogen) atoms. The van der Waals surface area contributed by atoms with Gasteiger partial charge in [-0.3, -0.25) is 10.1 Å². The summed E-state index contributed by atoms with van der Waals surface area (Å²) in [6.45, 7) is 8.62. The molecule has 2 rings (SSSR count). The van der Waals surface area contributed by atoms with Crippen molar-refractivity contribution in [2.24, 2.45) is 4.99 Å². The van der Waals surface area contributed by atoms with Crippen LogP contribution in [0.4, 0.5) is 28.4 Å². The van der Waals surface area contributed by atoms with Crippen LogP contribution in [0.1, 0.15) is 54.0 Å². The molecule has 0 aromatic heterocycles. The molecule has 0 saturated heterocycles. The van der Waals surface area contributed by atoms with E-state index in [-0.39, 0.29) is 4.90 Å². The Hall–Kier alpha value is -3.38. The third-order valence-corrected chi connectivity index (χ3v) is 4.65. The van der Waals surface area contributed by atoms with Gasteiger partial charge in [-0.25, -0.2) is 27.8 Å². The van der Waals surface area contributed by atoms with Crippen LogP contribution in [-0.4, -0.2) is 58.2 Å². The molecule has 1 aromatic rings. The van der Waals surface area contributed by atoms with Crippen molar-refractivity contribution in [2.75, 3.05) is 6.67 Å². The summed E-state index contributed by atoms with van der Waals surface area (Å²) in [5.74, 6) is -1.08. The number of carbonyl (C=O) groups excluding carboxylic acids is 2. The van der Waals surface area contributed by atoms with Crippen molar-refractivity contribution in [1.82, 2.24) is 4.90 Å². The van der Waals surface area contributed by atoms with Gasteiger partial charge in [0, 0.05) is 17.7 Å². The molecular weight excluding hydrogens is 475 g/mol. The van der Waals surface area contributed by atoms with Gasteiger partial charge in [-0.05, 0) is 54.5 Å². The topological polar surface area (TPSA) is 121 Å². The molecule has 1 aliphatic rings. The van der Waals surface area contributed by atoms with Gasteiger partial charge < -0.3 is 14.2 Å². The first-order chi connectivity index (χ1) is 15.9. The average molecular weight is 503 g/mol. The average Bonchev–Trinajstić information content (AvgIpc) is 2.67. The molecule has 0 saturated carbocycles. The Morgan fingerprint density at radius 2 is 1.69 bits per heavy atom. The minimum atomic E-state index is -2.35. The number of ether oxygens (including phenoxy) is 3. The molecular formula is C22H28F3N3O7. The number of imide groups is 1. The number of aliphatic imine (C=N–C) groups is 1. The normalized spacial score (nSPS) is 22.5. The van der Waals surface area contributed by atoms with Crippen LogP contribution in [-0.2, 0) is 19.7 Å². The minimum Gasteiger partial charge on any atom is -0.455 e. The molecule has 0 unspecified atom stereocenters. The second-order valence-electron chi connectivity index (χ2n) is 9.97. The van der Waals surface area contributed by atoms with Crippen LogP contribution in [0.2, 0.25) is 0 Å². The van der Waals surface area contributed by atoms with Gasteiger partial charge in [0.25, 0.3) is 5.69 Å². The maximum Gasteiger partial charge on any atom is 0.428 e. The highest BCUT2D eigenvalue weighted by atomic mass is 19.1. The lowest BCUT2D eigenvalue weighted by Gasteiger charge is -2.40. The number of rotatable bonds is 3. The van der Waals surface area contributed by atoms with Gasteiger partial charge in [0.15, 0.2) is 12.3 Å². The molecule has 0 spiro atoms. The van der Waals surface area contributed by atoms with E-state index in [1.807, 2.05) is 0 Å². The summed E-state index contributed by atoms with van der Waals surface area (Å²) in [7, 11) is 0. The fourth-order valence-electron chi connectivity index (χ4n) is 3.13. The number of alkyl halides is 2. The summed E-state index contributed by atoms with van der Waals surface area (Å²) in [6, 6.07) is 1.42. The van der Waals surface area contributed by atoms with E-state index in [0.717, 1.165) is 25.1 Å². The Morgan fingerprint density at radius 3 is 2.11 bits per heavy atom. The van der Waals surface area contributed by atoms with Crippen LogP contribution >= 0.6 is 0 Å². The number of nitro benzene ring substituents is 1. The number of hydrogen-bond donors (Lipinski definition) is 0. The van der Waals surface area contributed by atoms with Gasteiger partial charge in [-0.15, -0.1) is 4.90 Å². The number of halogens is 3. The van der Waals surface area contributed by atoms with Crippen LogP contribution < -0.4 is 0 Å². The van der Waals surface area contributed by atoms with Crippen molar-refractivity contribution in [3.63, 3.8) is 0 Å². The zero-order chi connectivity index (χ0) is 26.9. The summed E-state index contributed by atoms with van der Waals surface area (Å²) in [6.07, 6.45) is -6.96. The molecule has 13 heteroatoms. The number of nitro groups is 1. The summed E-state index contributed by atoms with van der Waals surface area (Å²) < 4.78 is 59.6. The number of nitrogens with zero attached hydrogens (tertiary/aromatic N) is 3. The second kappa shape index (κ2) is 9.70. The van der Waals surface area contributed by atoms with E-state index in [9.17, 15) is 28.5 Å². The van der Waals surface area contributed by atoms with Gasteiger partial charge in [0.05, 0.1) is 4.92 Å². The maximum atomic E-state index is 15.4. The zero-order valence-electron chi connectivity index (χ0n) is 20.4. The quantitative estimate of drug-likeness (QED) is 0.411. The van der Waals surface area contributed by atoms with Gasteiger partial charge in [-0.1, -0.05) is 0 Å². The number of amidine groups is 1. The predicted molar refractivity (Wildman–Crippen MR) is 118 cm³/mol. The molecule has 0 fully saturated rings. The summed E-state index contributed by atoms with van der Waals surface area (Å²) in [5, 5.41) is 11.2. The van der Waals surface area contributed by atoms with Crippen LogP contribution in [0.15, 0.2) is 23.2 Å². The first kappa shape index (κ1) is 27.9. The lowest BCUT2D eigenvalue weighted by molar-refractivity contribution is -0.385. The smallest absolute Gasteiger partial charge is 0.428 e. The number of benzene rings is 1. The summed E-state index contributed by atoms with van der Waals surface area (Å²) in [5.41, 5.74) is -5.73. The standard InChI is InChI=1S/C22H28F3N3O7/c1-20(2,3)34-18(29)27(19(30)35-21(4,5)6)17-26-22(7,16(25)15(11-23)33-17)13-10-12(28(31)32)8-9-14(13)24/h8-10,15-16H,11H2,1-7H3/t15-,16+,22-/m1/s1. The summed E-state index contributed by atoms with van der Waals surface area (Å²) in [4.78, 5) is 40.3. The van der Waals surface area contributed by atoms with E-state index >= 15 is 4.39 Å². The van der Waals surface area contributed by atoms with Crippen molar-refractivity contribution in [3.05, 3.63) is 39.7 Å². The van der Waals surface area contributed by atoms with Crippen molar-refractivity contribution >= 4 is 23.9 Å². The molecule has 1 aliphatic heterocycles. The van der Waals surface area contributed by atoms with Crippen LogP contribution in [0.25, 0.3) is 0 Å². The van der Waals surface area contributed by atoms with E-state index in [1.54, 1.807) is 0 Å². The van der Waals surface area contributed by atoms with E-state index in [1.165, 1.54) is 41.5 Å². The number of carbonyl (C=O) groups is 2. The fraction of sp³-hybridized carbons (Fsp3) is 0.591. The van der Waals surface area contributed by atoms with Crippen molar-refractivity contribution in [3.8, 4) is 0 Å². The zero-order valence-corrected chi connectivity index (χ0v) is 20.4. The number of amides is 2. The minimum absolute atomic E-state index is 0.207. The monoisotopic (exact) mass is 503 g/mol. The Bertz CT molecular complexity index is 1010. The molecule has 0 radical (unpaired) electrons. The van der Waals surface area contributed by atoms with Gasteiger partial charge >= 0.3 is 18.2 Å². The lowest BCUT2D eigenvalue weighted by atomic mass is 9.84. The Balaban J connectivity index is 2.73. The Kier molecular flexibility index (Phi) is 7.72. The molecule has 0 bridgehead atoms. The highest BCUT2D eigenvalue weighted by Gasteiger charge is 2.51. The van der Waals surface area contributed by atoms with Crippen LogP contribution in [0.5, 0.6) is 0 Å². The molecule has 2 amide bonds. The lowest BCUT2D eigenvalue weighted by Crippen LogP contribution is -2.56. The molecule has 194 valence electrons. The molecule has 10 nitrogen and oxygen atoms in total. The van der Waals surface area contributed by atoms with E-state index in [2.05, 4.69) is 4.99 Å². The third kappa shape index (κ3) is 6.40. The molecule has 0 N–H and O–H groups in total. The van der Waals surface area contributed by atoms with Gasteiger partial charge in [-0.2, -0.15) is 0 Å². The SMILES string of the molecule is CC(C)(C)OC(=O)N(C(=O)OC(C)(C)C)C1=N[C@](C)(c2cc([N+](=O)[O-])ccc2F)[C@@H](F)[C@@H](CF)O1. The largest absolute Gasteiger partial charge is 0.455 e. The van der Waals surface area contributed by atoms with Crippen LogP contribution in [0.3, 0.4) is 0 Å². The highest BCUT2D eigenvalue weighted by molar-refractivity contribution is 6.06. The molecule has 1 aromatic carbocycles. The van der Waals surface area contributed by atoms with E-state index < -0.39 is 75.9 Å². The molecule has 1 heterocycles. The second-order valence-corrected chi connectivity index (χ2v) is 9.97. The van der Waals surface area contributed by atoms with Gasteiger partial charge in [0.2, 0.25) is 0 Å². The Morgan fingerprint density at radius 1 is 1.17 bits per heavy atom. The maximum absolute atomic E-state index is 15.4. The van der Waals surface area contributed by atoms with E-state index in [0.29, 0.717) is 0 Å². The number of non-ortho nitro benzene ring substituents is 1. The highest BCUT2D eigenvalue weighted by Crippen LogP contribution is 2.40. The number of hydrogen-bond acceptors (Lipinski definition) is 8. The van der Waals surface area contributed by atoms with Crippen LogP contribution in [0, 0.1) is 15.9 Å². The van der Waals surface area contributed by atoms with Crippen molar-refractivity contribution in [1.29, 1.82) is 0 Å². The van der Waals surface area contributed by atoms with Gasteiger partial charge in [0.1, 0.15) is 29.2 Å². The predicted octanol–water partition coefficient (Wildman–Crippen LogP) is 5.18. The fourth-order valence-corrected chi connectivity index (χ4v) is 3.13. The molecule has 0 aliphatic carbocycles. The van der Waals surface area contributed by atoms with E-state index in [4.69, 9.17) is 14.2 Å². The third-order valence-electron chi connectivity index (χ3n) is 4.65.